The largest absolute Gasteiger partial charge is 0.356 e. The molecule has 27 heavy (non-hydrogen) atoms. The quantitative estimate of drug-likeness (QED) is 0.247. The van der Waals surface area contributed by atoms with Gasteiger partial charge in [-0.15, -0.1) is 24.0 Å². The Hall–Kier alpha value is -2.09. The van der Waals surface area contributed by atoms with Gasteiger partial charge in [0.15, 0.2) is 5.96 Å². The summed E-state index contributed by atoms with van der Waals surface area (Å²) >= 11 is 0. The van der Waals surface area contributed by atoms with E-state index in [1.54, 1.807) is 19.2 Å². The van der Waals surface area contributed by atoms with Crippen LogP contribution in [0.1, 0.15) is 34.3 Å². The average Bonchev–Trinajstić information content (AvgIpc) is 2.67. The third-order valence-corrected chi connectivity index (χ3v) is 4.15. The first-order valence-electron chi connectivity index (χ1n) is 8.94. The fourth-order valence-corrected chi connectivity index (χ4v) is 2.61. The van der Waals surface area contributed by atoms with Gasteiger partial charge in [-0.2, -0.15) is 0 Å². The summed E-state index contributed by atoms with van der Waals surface area (Å²) in [5.41, 5.74) is 3.25. The van der Waals surface area contributed by atoms with Crippen LogP contribution in [-0.2, 0) is 0 Å². The highest BCUT2D eigenvalue weighted by molar-refractivity contribution is 14.0. The van der Waals surface area contributed by atoms with E-state index < -0.39 is 0 Å². The van der Waals surface area contributed by atoms with Gasteiger partial charge in [0.2, 0.25) is 0 Å². The molecule has 3 N–H and O–H groups in total. The Morgan fingerprint density at radius 2 is 1.70 bits per heavy atom. The van der Waals surface area contributed by atoms with Crippen molar-refractivity contribution in [2.24, 2.45) is 4.99 Å². The fourth-order valence-electron chi connectivity index (χ4n) is 2.61. The molecule has 6 heteroatoms. The van der Waals surface area contributed by atoms with Crippen LogP contribution >= 0.6 is 24.0 Å². The summed E-state index contributed by atoms with van der Waals surface area (Å²) in [6.07, 6.45) is 0. The molecule has 2 aromatic rings. The summed E-state index contributed by atoms with van der Waals surface area (Å²) in [5, 5.41) is 9.44. The first-order chi connectivity index (χ1) is 12.6. The number of guanidine groups is 1. The maximum atomic E-state index is 12.0. The molecule has 0 spiro atoms. The normalized spacial score (nSPS) is 11.9. The molecule has 0 heterocycles. The zero-order valence-electron chi connectivity index (χ0n) is 16.2. The van der Waals surface area contributed by atoms with Gasteiger partial charge in [-0.05, 0) is 30.5 Å². The third kappa shape index (κ3) is 7.99. The minimum absolute atomic E-state index is 0. The Morgan fingerprint density at radius 1 is 1.00 bits per heavy atom. The van der Waals surface area contributed by atoms with E-state index >= 15 is 0 Å². The van der Waals surface area contributed by atoms with Crippen molar-refractivity contribution >= 4 is 35.8 Å². The average molecular weight is 480 g/mol. The monoisotopic (exact) mass is 480 g/mol. The van der Waals surface area contributed by atoms with Gasteiger partial charge in [0.1, 0.15) is 0 Å². The summed E-state index contributed by atoms with van der Waals surface area (Å²) < 4.78 is 0. The Morgan fingerprint density at radius 3 is 2.37 bits per heavy atom. The number of aliphatic imine (C=N–C) groups is 1. The van der Waals surface area contributed by atoms with Crippen LogP contribution in [0.4, 0.5) is 0 Å². The first-order valence-corrected chi connectivity index (χ1v) is 8.94. The molecule has 1 amide bonds. The van der Waals surface area contributed by atoms with Crippen molar-refractivity contribution < 1.29 is 4.79 Å². The lowest BCUT2D eigenvalue weighted by Gasteiger charge is -2.17. The summed E-state index contributed by atoms with van der Waals surface area (Å²) in [6.45, 7) is 6.22. The third-order valence-electron chi connectivity index (χ3n) is 4.15. The van der Waals surface area contributed by atoms with Crippen molar-refractivity contribution in [3.8, 4) is 0 Å². The van der Waals surface area contributed by atoms with E-state index in [2.05, 4.69) is 59.1 Å². The zero-order valence-corrected chi connectivity index (χ0v) is 18.5. The molecule has 0 aliphatic carbocycles. The molecule has 1 atom stereocenters. The summed E-state index contributed by atoms with van der Waals surface area (Å²) in [4.78, 5) is 16.2. The summed E-state index contributed by atoms with van der Waals surface area (Å²) in [6, 6.07) is 17.8. The van der Waals surface area contributed by atoms with Crippen LogP contribution in [0.25, 0.3) is 0 Å². The highest BCUT2D eigenvalue weighted by Crippen LogP contribution is 2.15. The van der Waals surface area contributed by atoms with E-state index in [-0.39, 0.29) is 29.9 Å². The van der Waals surface area contributed by atoms with E-state index in [4.69, 9.17) is 0 Å². The minimum Gasteiger partial charge on any atom is -0.356 e. The van der Waals surface area contributed by atoms with Gasteiger partial charge in [0.05, 0.1) is 0 Å². The van der Waals surface area contributed by atoms with E-state index in [0.717, 1.165) is 12.5 Å². The maximum Gasteiger partial charge on any atom is 0.251 e. The lowest BCUT2D eigenvalue weighted by Crippen LogP contribution is -2.42. The molecule has 1 unspecified atom stereocenters. The number of nitrogens with zero attached hydrogens (tertiary/aromatic N) is 1. The van der Waals surface area contributed by atoms with Crippen LogP contribution in [0.3, 0.4) is 0 Å². The van der Waals surface area contributed by atoms with Crippen LogP contribution in [0.2, 0.25) is 0 Å². The molecule has 0 fully saturated rings. The first kappa shape index (κ1) is 23.0. The Balaban J connectivity index is 0.00000364. The lowest BCUT2D eigenvalue weighted by molar-refractivity contribution is 0.0954. The van der Waals surface area contributed by atoms with Gasteiger partial charge in [-0.1, -0.05) is 55.0 Å². The lowest BCUT2D eigenvalue weighted by atomic mass is 9.99. The van der Waals surface area contributed by atoms with E-state index in [0.29, 0.717) is 24.6 Å². The number of carbonyl (C=O) groups excluding carboxylic acids is 1. The topological polar surface area (TPSA) is 65.5 Å². The van der Waals surface area contributed by atoms with Crippen LogP contribution in [0.5, 0.6) is 0 Å². The smallest absolute Gasteiger partial charge is 0.251 e. The number of halogens is 1. The van der Waals surface area contributed by atoms with Crippen LogP contribution in [0.15, 0.2) is 59.6 Å². The number of hydrogen-bond donors (Lipinski definition) is 3. The number of rotatable bonds is 7. The van der Waals surface area contributed by atoms with Crippen LogP contribution in [0, 0.1) is 6.92 Å². The SMILES string of the molecule is CN=C(NCCNC(=O)c1ccccc1)NCC(C)c1cccc(C)c1.I. The molecule has 0 aliphatic rings. The molecule has 2 aromatic carbocycles. The Bertz CT molecular complexity index is 734. The molecule has 0 bridgehead atoms. The van der Waals surface area contributed by atoms with Crippen molar-refractivity contribution in [3.05, 3.63) is 71.3 Å². The van der Waals surface area contributed by atoms with Crippen LogP contribution in [-0.4, -0.2) is 38.5 Å². The van der Waals surface area contributed by atoms with Gasteiger partial charge in [-0.25, -0.2) is 0 Å². The van der Waals surface area contributed by atoms with Gasteiger partial charge in [0.25, 0.3) is 5.91 Å². The predicted octanol–water partition coefficient (Wildman–Crippen LogP) is 3.31. The second-order valence-corrected chi connectivity index (χ2v) is 6.32. The summed E-state index contributed by atoms with van der Waals surface area (Å²) in [5.74, 6) is 1.05. The number of aryl methyl sites for hydroxylation is 1. The molecule has 5 nitrogen and oxygen atoms in total. The number of carbonyl (C=O) groups is 1. The maximum absolute atomic E-state index is 12.0. The van der Waals surface area contributed by atoms with Gasteiger partial charge in [-0.3, -0.25) is 9.79 Å². The highest BCUT2D eigenvalue weighted by atomic mass is 127. The Kier molecular flexibility index (Phi) is 10.5. The van der Waals surface area contributed by atoms with Crippen molar-refractivity contribution in [2.45, 2.75) is 19.8 Å². The van der Waals surface area contributed by atoms with Gasteiger partial charge in [0, 0.05) is 32.2 Å². The number of nitrogens with one attached hydrogen (secondary N) is 3. The van der Waals surface area contributed by atoms with Crippen molar-refractivity contribution in [3.63, 3.8) is 0 Å². The molecule has 2 rings (SSSR count). The fraction of sp³-hybridized carbons (Fsp3) is 0.333. The van der Waals surface area contributed by atoms with Gasteiger partial charge >= 0.3 is 0 Å². The standard InChI is InChI=1S/C21H28N4O.HI/c1-16-8-7-11-19(14-16)17(2)15-25-21(22-3)24-13-12-23-20(26)18-9-5-4-6-10-18;/h4-11,14,17H,12-13,15H2,1-3H3,(H,23,26)(H2,22,24,25);1H. The molecule has 0 aromatic heterocycles. The van der Waals surface area contributed by atoms with E-state index in [9.17, 15) is 4.79 Å². The van der Waals surface area contributed by atoms with Crippen molar-refractivity contribution in [1.82, 2.24) is 16.0 Å². The molecular weight excluding hydrogens is 451 g/mol. The molecule has 0 saturated heterocycles. The number of hydrogen-bond acceptors (Lipinski definition) is 2. The Labute approximate surface area is 179 Å². The molecule has 0 aliphatic heterocycles. The number of amides is 1. The van der Waals surface area contributed by atoms with Gasteiger partial charge < -0.3 is 16.0 Å². The second kappa shape index (κ2) is 12.3. The molecular formula is C21H29IN4O. The van der Waals surface area contributed by atoms with Crippen LogP contribution < -0.4 is 16.0 Å². The highest BCUT2D eigenvalue weighted by Gasteiger charge is 2.07. The molecule has 0 radical (unpaired) electrons. The molecule has 0 saturated carbocycles. The zero-order chi connectivity index (χ0) is 18.8. The van der Waals surface area contributed by atoms with Crippen molar-refractivity contribution in [1.29, 1.82) is 0 Å². The summed E-state index contributed by atoms with van der Waals surface area (Å²) in [7, 11) is 1.75. The second-order valence-electron chi connectivity index (χ2n) is 6.32. The number of benzene rings is 2. The molecule has 146 valence electrons. The predicted molar refractivity (Wildman–Crippen MR) is 123 cm³/mol. The van der Waals surface area contributed by atoms with E-state index in [1.165, 1.54) is 11.1 Å². The van der Waals surface area contributed by atoms with E-state index in [1.807, 2.05) is 18.2 Å². The van der Waals surface area contributed by atoms with Crippen molar-refractivity contribution in [2.75, 3.05) is 26.7 Å². The minimum atomic E-state index is -0.0663.